The summed E-state index contributed by atoms with van der Waals surface area (Å²) in [6, 6.07) is 17.5. The van der Waals surface area contributed by atoms with E-state index in [1.807, 2.05) is 24.3 Å². The first-order valence-electron chi connectivity index (χ1n) is 11.9. The first-order valence-corrected chi connectivity index (χ1v) is 14.5. The van der Waals surface area contributed by atoms with Crippen LogP contribution in [-0.4, -0.2) is 65.9 Å². The summed E-state index contributed by atoms with van der Waals surface area (Å²) in [6.45, 7) is 2.13. The van der Waals surface area contributed by atoms with E-state index in [2.05, 4.69) is 4.90 Å². The molecule has 0 aromatic heterocycles. The summed E-state index contributed by atoms with van der Waals surface area (Å²) in [5, 5.41) is 1.19. The molecule has 0 aliphatic carbocycles. The van der Waals surface area contributed by atoms with E-state index >= 15 is 0 Å². The quantitative estimate of drug-likeness (QED) is 0.377. The molecule has 38 heavy (non-hydrogen) atoms. The standard InChI is InChI=1S/C27H29Cl2N3O5S/c1-36-25-16-23(27(33)31-13-11-30(12-14-31)22-6-4-5-21(29)15-22)24(17-26(25)37-2)32(38(3,34)35)18-19-7-9-20(28)10-8-19/h4-10,15-17H,11-14,18H2,1-3H3. The van der Waals surface area contributed by atoms with Crippen LogP contribution >= 0.6 is 23.2 Å². The van der Waals surface area contributed by atoms with E-state index in [9.17, 15) is 13.2 Å². The van der Waals surface area contributed by atoms with Crippen molar-refractivity contribution in [3.05, 3.63) is 81.8 Å². The molecule has 1 saturated heterocycles. The third-order valence-corrected chi connectivity index (χ3v) is 7.99. The highest BCUT2D eigenvalue weighted by atomic mass is 35.5. The van der Waals surface area contributed by atoms with E-state index in [-0.39, 0.29) is 23.7 Å². The Morgan fingerprint density at radius 1 is 0.895 bits per heavy atom. The maximum Gasteiger partial charge on any atom is 0.256 e. The number of nitrogens with zero attached hydrogens (tertiary/aromatic N) is 3. The van der Waals surface area contributed by atoms with Crippen molar-refractivity contribution in [2.75, 3.05) is 55.9 Å². The number of amides is 1. The second kappa shape index (κ2) is 11.7. The van der Waals surface area contributed by atoms with Crippen LogP contribution in [0.15, 0.2) is 60.7 Å². The number of halogens is 2. The molecule has 202 valence electrons. The number of ether oxygens (including phenoxy) is 2. The van der Waals surface area contributed by atoms with Gasteiger partial charge in [-0.25, -0.2) is 8.42 Å². The van der Waals surface area contributed by atoms with Crippen LogP contribution in [0, 0.1) is 0 Å². The minimum absolute atomic E-state index is 0.00824. The Balaban J connectivity index is 1.68. The minimum Gasteiger partial charge on any atom is -0.493 e. The monoisotopic (exact) mass is 577 g/mol. The zero-order valence-corrected chi connectivity index (χ0v) is 23.7. The molecule has 1 aliphatic rings. The number of anilines is 2. The molecule has 1 amide bonds. The summed E-state index contributed by atoms with van der Waals surface area (Å²) in [6.07, 6.45) is 1.11. The molecule has 11 heteroatoms. The van der Waals surface area contributed by atoms with Crippen LogP contribution in [0.3, 0.4) is 0 Å². The van der Waals surface area contributed by atoms with Crippen molar-refractivity contribution in [3.8, 4) is 11.5 Å². The number of piperazine rings is 1. The van der Waals surface area contributed by atoms with Crippen LogP contribution < -0.4 is 18.7 Å². The van der Waals surface area contributed by atoms with Gasteiger partial charge in [0.1, 0.15) is 0 Å². The molecule has 0 atom stereocenters. The van der Waals surface area contributed by atoms with E-state index < -0.39 is 10.0 Å². The predicted octanol–water partition coefficient (Wildman–Crippen LogP) is 4.94. The van der Waals surface area contributed by atoms with Crippen LogP contribution in [0.2, 0.25) is 10.0 Å². The molecule has 0 radical (unpaired) electrons. The molecule has 4 rings (SSSR count). The third-order valence-electron chi connectivity index (χ3n) is 6.38. The van der Waals surface area contributed by atoms with Crippen molar-refractivity contribution in [2.45, 2.75) is 6.54 Å². The number of carbonyl (C=O) groups is 1. The minimum atomic E-state index is -3.79. The zero-order valence-electron chi connectivity index (χ0n) is 21.4. The number of methoxy groups -OCH3 is 2. The van der Waals surface area contributed by atoms with Gasteiger partial charge in [0.15, 0.2) is 11.5 Å². The average molecular weight is 579 g/mol. The van der Waals surface area contributed by atoms with E-state index in [0.29, 0.717) is 53.3 Å². The van der Waals surface area contributed by atoms with Crippen molar-refractivity contribution in [1.29, 1.82) is 0 Å². The van der Waals surface area contributed by atoms with Crippen LogP contribution in [0.25, 0.3) is 0 Å². The van der Waals surface area contributed by atoms with E-state index in [0.717, 1.165) is 11.9 Å². The first kappa shape index (κ1) is 27.9. The molecule has 3 aromatic rings. The van der Waals surface area contributed by atoms with Gasteiger partial charge >= 0.3 is 0 Å². The maximum absolute atomic E-state index is 13.9. The van der Waals surface area contributed by atoms with Crippen molar-refractivity contribution in [2.24, 2.45) is 0 Å². The Bertz CT molecular complexity index is 1410. The lowest BCUT2D eigenvalue weighted by atomic mass is 10.1. The smallest absolute Gasteiger partial charge is 0.256 e. The molecule has 0 saturated carbocycles. The second-order valence-corrected chi connectivity index (χ2v) is 11.7. The SMILES string of the molecule is COc1cc(C(=O)N2CCN(c3cccc(Cl)c3)CC2)c(N(Cc2ccc(Cl)cc2)S(C)(=O)=O)cc1OC. The summed E-state index contributed by atoms with van der Waals surface area (Å²) < 4.78 is 38.1. The lowest BCUT2D eigenvalue weighted by Crippen LogP contribution is -2.49. The zero-order chi connectivity index (χ0) is 27.4. The molecule has 3 aromatic carbocycles. The maximum atomic E-state index is 13.9. The molecule has 0 spiro atoms. The molecular formula is C27H29Cl2N3O5S. The number of rotatable bonds is 8. The Morgan fingerprint density at radius 3 is 2.11 bits per heavy atom. The van der Waals surface area contributed by atoms with Crippen LogP contribution in [0.4, 0.5) is 11.4 Å². The highest BCUT2D eigenvalue weighted by Crippen LogP contribution is 2.38. The molecule has 1 heterocycles. The van der Waals surface area contributed by atoms with Crippen molar-refractivity contribution >= 4 is 50.5 Å². The molecule has 1 aliphatic heterocycles. The summed E-state index contributed by atoms with van der Waals surface area (Å²) >= 11 is 12.2. The van der Waals surface area contributed by atoms with Gasteiger partial charge in [0.05, 0.1) is 38.3 Å². The van der Waals surface area contributed by atoms with Gasteiger partial charge in [0.25, 0.3) is 5.91 Å². The fourth-order valence-corrected chi connectivity index (χ4v) is 5.60. The van der Waals surface area contributed by atoms with Gasteiger partial charge in [-0.2, -0.15) is 0 Å². The van der Waals surface area contributed by atoms with Gasteiger partial charge in [-0.1, -0.05) is 41.4 Å². The van der Waals surface area contributed by atoms with Gasteiger partial charge in [-0.3, -0.25) is 9.10 Å². The molecule has 1 fully saturated rings. The van der Waals surface area contributed by atoms with Crippen molar-refractivity contribution < 1.29 is 22.7 Å². The van der Waals surface area contributed by atoms with E-state index in [4.69, 9.17) is 32.7 Å². The highest BCUT2D eigenvalue weighted by Gasteiger charge is 2.30. The normalized spacial score (nSPS) is 13.8. The van der Waals surface area contributed by atoms with Gasteiger partial charge < -0.3 is 19.3 Å². The fourth-order valence-electron chi connectivity index (χ4n) is 4.39. The Hall–Kier alpha value is -3.14. The third kappa shape index (κ3) is 6.28. The van der Waals surface area contributed by atoms with E-state index in [1.54, 1.807) is 35.2 Å². The summed E-state index contributed by atoms with van der Waals surface area (Å²) in [5.41, 5.74) is 2.12. The Morgan fingerprint density at radius 2 is 1.53 bits per heavy atom. The van der Waals surface area contributed by atoms with Crippen LogP contribution in [0.5, 0.6) is 11.5 Å². The first-order chi connectivity index (χ1) is 18.1. The lowest BCUT2D eigenvalue weighted by molar-refractivity contribution is 0.0747. The second-order valence-electron chi connectivity index (χ2n) is 8.88. The molecular weight excluding hydrogens is 549 g/mol. The summed E-state index contributed by atoms with van der Waals surface area (Å²) in [4.78, 5) is 17.7. The van der Waals surface area contributed by atoms with Crippen molar-refractivity contribution in [1.82, 2.24) is 4.90 Å². The average Bonchev–Trinajstić information content (AvgIpc) is 2.91. The topological polar surface area (TPSA) is 79.4 Å². The molecule has 0 unspecified atom stereocenters. The van der Waals surface area contributed by atoms with Gasteiger partial charge in [0.2, 0.25) is 10.0 Å². The summed E-state index contributed by atoms with van der Waals surface area (Å²) in [7, 11) is -0.864. The summed E-state index contributed by atoms with van der Waals surface area (Å²) in [5.74, 6) is 0.350. The van der Waals surface area contributed by atoms with Crippen molar-refractivity contribution in [3.63, 3.8) is 0 Å². The number of benzene rings is 3. The highest BCUT2D eigenvalue weighted by molar-refractivity contribution is 7.92. The van der Waals surface area contributed by atoms with Gasteiger partial charge in [0, 0.05) is 48.0 Å². The number of carbonyl (C=O) groups excluding carboxylic acids is 1. The van der Waals surface area contributed by atoms with Gasteiger partial charge in [-0.15, -0.1) is 0 Å². The predicted molar refractivity (Wildman–Crippen MR) is 152 cm³/mol. The van der Waals surface area contributed by atoms with Gasteiger partial charge in [-0.05, 0) is 42.0 Å². The molecule has 0 bridgehead atoms. The largest absolute Gasteiger partial charge is 0.493 e. The molecule has 8 nitrogen and oxygen atoms in total. The van der Waals surface area contributed by atoms with Crippen LogP contribution in [-0.2, 0) is 16.6 Å². The Kier molecular flexibility index (Phi) is 8.60. The Labute approximate surface area is 233 Å². The fraction of sp³-hybridized carbons (Fsp3) is 0.296. The molecule has 0 N–H and O–H groups in total. The lowest BCUT2D eigenvalue weighted by Gasteiger charge is -2.37. The number of sulfonamides is 1. The number of hydrogen-bond acceptors (Lipinski definition) is 6. The van der Waals surface area contributed by atoms with Crippen LogP contribution in [0.1, 0.15) is 15.9 Å². The number of hydrogen-bond donors (Lipinski definition) is 0. The van der Waals surface area contributed by atoms with E-state index in [1.165, 1.54) is 24.6 Å².